The van der Waals surface area contributed by atoms with Crippen LogP contribution in [-0.2, 0) is 24.3 Å². The Morgan fingerprint density at radius 3 is 3.00 bits per heavy atom. The van der Waals surface area contributed by atoms with Crippen molar-refractivity contribution >= 4 is 5.91 Å². The third-order valence-electron chi connectivity index (χ3n) is 4.12. The van der Waals surface area contributed by atoms with Crippen molar-refractivity contribution in [3.8, 4) is 11.4 Å². The summed E-state index contributed by atoms with van der Waals surface area (Å²) in [5.74, 6) is 2.01. The molecule has 0 spiro atoms. The Bertz CT molecular complexity index is 842. The summed E-state index contributed by atoms with van der Waals surface area (Å²) in [6.07, 6.45) is 8.70. The smallest absolute Gasteiger partial charge is 0.226 e. The van der Waals surface area contributed by atoms with Gasteiger partial charge in [-0.2, -0.15) is 4.98 Å². The zero-order chi connectivity index (χ0) is 18.4. The zero-order valence-corrected chi connectivity index (χ0v) is 15.0. The highest BCUT2D eigenvalue weighted by molar-refractivity contribution is 5.75. The molecular formula is C18H22N6O2. The largest absolute Gasteiger partial charge is 0.339 e. The van der Waals surface area contributed by atoms with Gasteiger partial charge in [-0.05, 0) is 25.5 Å². The molecule has 0 aliphatic carbocycles. The first-order valence-corrected chi connectivity index (χ1v) is 8.64. The molecule has 0 bridgehead atoms. The molecule has 0 aliphatic rings. The predicted octanol–water partition coefficient (Wildman–Crippen LogP) is 2.33. The van der Waals surface area contributed by atoms with Gasteiger partial charge in [-0.15, -0.1) is 0 Å². The number of carbonyl (C=O) groups is 1. The van der Waals surface area contributed by atoms with Crippen molar-refractivity contribution in [1.29, 1.82) is 0 Å². The lowest BCUT2D eigenvalue weighted by Crippen LogP contribution is -2.27. The van der Waals surface area contributed by atoms with Crippen molar-refractivity contribution in [2.75, 3.05) is 7.05 Å². The summed E-state index contributed by atoms with van der Waals surface area (Å²) in [6, 6.07) is 3.70. The Morgan fingerprint density at radius 1 is 1.35 bits per heavy atom. The molecule has 0 saturated carbocycles. The van der Waals surface area contributed by atoms with E-state index in [-0.39, 0.29) is 5.91 Å². The molecule has 3 rings (SSSR count). The van der Waals surface area contributed by atoms with Crippen molar-refractivity contribution < 1.29 is 9.32 Å². The molecule has 0 saturated heterocycles. The molecule has 0 radical (unpaired) electrons. The molecule has 0 aliphatic heterocycles. The van der Waals surface area contributed by atoms with Crippen molar-refractivity contribution in [2.45, 2.75) is 39.3 Å². The summed E-state index contributed by atoms with van der Waals surface area (Å²) >= 11 is 0. The van der Waals surface area contributed by atoms with Crippen LogP contribution in [0.15, 0.2) is 41.4 Å². The molecular weight excluding hydrogens is 332 g/mol. The first-order valence-electron chi connectivity index (χ1n) is 8.64. The Hall–Kier alpha value is -3.03. The molecule has 8 heteroatoms. The van der Waals surface area contributed by atoms with Crippen molar-refractivity contribution in [3.63, 3.8) is 0 Å². The summed E-state index contributed by atoms with van der Waals surface area (Å²) in [5, 5.41) is 3.96. The van der Waals surface area contributed by atoms with Crippen molar-refractivity contribution in [2.24, 2.45) is 0 Å². The summed E-state index contributed by atoms with van der Waals surface area (Å²) in [4.78, 5) is 26.7. The van der Waals surface area contributed by atoms with E-state index < -0.39 is 0 Å². The van der Waals surface area contributed by atoms with E-state index in [0.29, 0.717) is 37.5 Å². The van der Waals surface area contributed by atoms with Gasteiger partial charge in [0.15, 0.2) is 0 Å². The van der Waals surface area contributed by atoms with Crippen LogP contribution in [0.2, 0.25) is 0 Å². The van der Waals surface area contributed by atoms with Crippen LogP contribution >= 0.6 is 0 Å². The number of rotatable bonds is 8. The number of hydrogen-bond donors (Lipinski definition) is 0. The van der Waals surface area contributed by atoms with Crippen LogP contribution in [0.4, 0.5) is 0 Å². The summed E-state index contributed by atoms with van der Waals surface area (Å²) in [5.41, 5.74) is 0.810. The highest BCUT2D eigenvalue weighted by Crippen LogP contribution is 2.15. The normalized spacial score (nSPS) is 10.8. The van der Waals surface area contributed by atoms with E-state index >= 15 is 0 Å². The molecule has 3 aromatic heterocycles. The van der Waals surface area contributed by atoms with E-state index in [1.54, 1.807) is 30.5 Å². The maximum absolute atomic E-state index is 12.3. The Morgan fingerprint density at radius 2 is 2.23 bits per heavy atom. The van der Waals surface area contributed by atoms with Gasteiger partial charge in [0.1, 0.15) is 5.82 Å². The van der Waals surface area contributed by atoms with E-state index in [1.807, 2.05) is 22.9 Å². The molecule has 3 heterocycles. The Balaban J connectivity index is 1.47. The topological polar surface area (TPSA) is 89.9 Å². The van der Waals surface area contributed by atoms with Gasteiger partial charge in [0.25, 0.3) is 0 Å². The lowest BCUT2D eigenvalue weighted by molar-refractivity contribution is -0.130. The average Bonchev–Trinajstić information content (AvgIpc) is 3.31. The van der Waals surface area contributed by atoms with Gasteiger partial charge in [0.2, 0.25) is 17.6 Å². The van der Waals surface area contributed by atoms with E-state index in [1.165, 1.54) is 0 Å². The van der Waals surface area contributed by atoms with Gasteiger partial charge < -0.3 is 14.0 Å². The average molecular weight is 354 g/mol. The molecule has 0 aromatic carbocycles. The van der Waals surface area contributed by atoms with Crippen LogP contribution in [0.1, 0.15) is 31.5 Å². The van der Waals surface area contributed by atoms with Gasteiger partial charge in [0.05, 0.1) is 6.54 Å². The number of imidazole rings is 1. The van der Waals surface area contributed by atoms with Gasteiger partial charge >= 0.3 is 0 Å². The van der Waals surface area contributed by atoms with E-state index in [9.17, 15) is 4.79 Å². The molecule has 26 heavy (non-hydrogen) atoms. The van der Waals surface area contributed by atoms with E-state index in [2.05, 4.69) is 27.0 Å². The fraction of sp³-hybridized carbons (Fsp3) is 0.389. The number of nitrogens with zero attached hydrogens (tertiary/aromatic N) is 6. The molecule has 3 aromatic rings. The Kier molecular flexibility index (Phi) is 5.73. The third-order valence-corrected chi connectivity index (χ3v) is 4.12. The Labute approximate surface area is 151 Å². The van der Waals surface area contributed by atoms with Crippen molar-refractivity contribution in [1.82, 2.24) is 29.6 Å². The molecule has 0 atom stereocenters. The van der Waals surface area contributed by atoms with Crippen LogP contribution in [-0.4, -0.2) is 42.5 Å². The molecule has 1 amide bonds. The lowest BCUT2D eigenvalue weighted by atomic mass is 10.2. The highest BCUT2D eigenvalue weighted by atomic mass is 16.5. The minimum atomic E-state index is 0.0719. The van der Waals surface area contributed by atoms with E-state index in [4.69, 9.17) is 4.52 Å². The second-order valence-corrected chi connectivity index (χ2v) is 5.99. The van der Waals surface area contributed by atoms with Crippen LogP contribution in [0.25, 0.3) is 11.4 Å². The first kappa shape index (κ1) is 17.8. The van der Waals surface area contributed by atoms with Gasteiger partial charge in [-0.1, -0.05) is 5.16 Å². The number of carbonyl (C=O) groups excluding carboxylic acids is 1. The fourth-order valence-corrected chi connectivity index (χ4v) is 2.63. The van der Waals surface area contributed by atoms with Crippen LogP contribution in [0, 0.1) is 0 Å². The monoisotopic (exact) mass is 354 g/mol. The summed E-state index contributed by atoms with van der Waals surface area (Å²) < 4.78 is 7.28. The highest BCUT2D eigenvalue weighted by Gasteiger charge is 2.13. The second kappa shape index (κ2) is 8.37. The lowest BCUT2D eigenvalue weighted by Gasteiger charge is -2.17. The maximum Gasteiger partial charge on any atom is 0.226 e. The molecule has 8 nitrogen and oxygen atoms in total. The van der Waals surface area contributed by atoms with Crippen molar-refractivity contribution in [3.05, 3.63) is 48.6 Å². The molecule has 136 valence electrons. The minimum absolute atomic E-state index is 0.0719. The van der Waals surface area contributed by atoms with Crippen LogP contribution in [0.3, 0.4) is 0 Å². The zero-order valence-electron chi connectivity index (χ0n) is 15.0. The summed E-state index contributed by atoms with van der Waals surface area (Å²) in [7, 11) is 1.80. The maximum atomic E-state index is 12.3. The predicted molar refractivity (Wildman–Crippen MR) is 94.8 cm³/mol. The van der Waals surface area contributed by atoms with Crippen LogP contribution in [0.5, 0.6) is 0 Å². The number of aromatic nitrogens is 5. The third kappa shape index (κ3) is 4.33. The fourth-order valence-electron chi connectivity index (χ4n) is 2.63. The SMILES string of the molecule is CCn1ccnc1CN(C)C(=O)CCCc1nc(-c2cccnc2)no1. The van der Waals surface area contributed by atoms with Gasteiger partial charge in [-0.3, -0.25) is 9.78 Å². The van der Waals surface area contributed by atoms with Crippen LogP contribution < -0.4 is 0 Å². The standard InChI is InChI=1S/C18H22N6O2/c1-3-24-11-10-20-15(24)13-23(2)17(25)8-4-7-16-21-18(22-26-16)14-6-5-9-19-12-14/h5-6,9-12H,3-4,7-8,13H2,1-2H3. The quantitative estimate of drug-likeness (QED) is 0.617. The number of hydrogen-bond acceptors (Lipinski definition) is 6. The second-order valence-electron chi connectivity index (χ2n) is 5.99. The van der Waals surface area contributed by atoms with Gasteiger partial charge in [0, 0.05) is 56.8 Å². The summed E-state index contributed by atoms with van der Waals surface area (Å²) in [6.45, 7) is 3.40. The number of amides is 1. The molecule has 0 unspecified atom stereocenters. The van der Waals surface area contributed by atoms with E-state index in [0.717, 1.165) is 17.9 Å². The molecule has 0 fully saturated rings. The molecule has 0 N–H and O–H groups in total. The minimum Gasteiger partial charge on any atom is -0.339 e. The van der Waals surface area contributed by atoms with Gasteiger partial charge in [-0.25, -0.2) is 4.98 Å². The number of pyridine rings is 1. The first-order chi connectivity index (χ1) is 12.7. The number of aryl methyl sites for hydroxylation is 2.